The zero-order valence-electron chi connectivity index (χ0n) is 9.27. The van der Waals surface area contributed by atoms with Crippen molar-refractivity contribution in [1.82, 2.24) is 4.98 Å². The third kappa shape index (κ3) is 2.36. The van der Waals surface area contributed by atoms with E-state index in [1.165, 1.54) is 18.3 Å². The molecule has 1 aromatic heterocycles. The molecule has 0 bridgehead atoms. The number of hydrogen-bond donors (Lipinski definition) is 3. The van der Waals surface area contributed by atoms with Gasteiger partial charge >= 0.3 is 0 Å². The van der Waals surface area contributed by atoms with E-state index in [1.807, 2.05) is 0 Å². The number of aromatic nitrogens is 1. The third-order valence-corrected chi connectivity index (χ3v) is 3.41. The molecule has 94 valence electrons. The Morgan fingerprint density at radius 2 is 1.89 bits per heavy atom. The van der Waals surface area contributed by atoms with Crippen LogP contribution in [0, 0.1) is 0 Å². The highest BCUT2D eigenvalue weighted by molar-refractivity contribution is 6.42. The van der Waals surface area contributed by atoms with E-state index < -0.39 is 6.04 Å². The first kappa shape index (κ1) is 13.0. The lowest BCUT2D eigenvalue weighted by molar-refractivity contribution is 0.465. The second-order valence-electron chi connectivity index (χ2n) is 3.79. The predicted molar refractivity (Wildman–Crippen MR) is 72.8 cm³/mol. The highest BCUT2D eigenvalue weighted by Gasteiger charge is 2.19. The van der Waals surface area contributed by atoms with Gasteiger partial charge in [-0.05, 0) is 23.8 Å². The Kier molecular flexibility index (Phi) is 3.61. The molecular formula is C12H11Cl2N3O. The molecular weight excluding hydrogens is 273 g/mol. The molecule has 0 fully saturated rings. The molecule has 4 nitrogen and oxygen atoms in total. The Bertz CT molecular complexity index is 572. The maximum absolute atomic E-state index is 9.83. The number of phenols is 1. The van der Waals surface area contributed by atoms with Gasteiger partial charge in [-0.2, -0.15) is 0 Å². The van der Waals surface area contributed by atoms with Crippen molar-refractivity contribution in [2.75, 3.05) is 5.73 Å². The van der Waals surface area contributed by atoms with Gasteiger partial charge in [-0.1, -0.05) is 29.3 Å². The Morgan fingerprint density at radius 3 is 2.50 bits per heavy atom. The molecule has 0 amide bonds. The minimum absolute atomic E-state index is 0.00581. The lowest BCUT2D eigenvalue weighted by Crippen LogP contribution is -2.13. The van der Waals surface area contributed by atoms with E-state index in [0.717, 1.165) is 0 Å². The van der Waals surface area contributed by atoms with Gasteiger partial charge in [-0.3, -0.25) is 0 Å². The summed E-state index contributed by atoms with van der Waals surface area (Å²) in [6, 6.07) is 5.70. The molecule has 1 unspecified atom stereocenters. The van der Waals surface area contributed by atoms with Gasteiger partial charge in [0.05, 0.1) is 16.1 Å². The molecule has 18 heavy (non-hydrogen) atoms. The van der Waals surface area contributed by atoms with Crippen LogP contribution in [-0.2, 0) is 0 Å². The summed E-state index contributed by atoms with van der Waals surface area (Å²) in [5.41, 5.74) is 12.6. The molecule has 0 aliphatic rings. The summed E-state index contributed by atoms with van der Waals surface area (Å²) in [5, 5.41) is 10.4. The van der Waals surface area contributed by atoms with Crippen molar-refractivity contribution in [2.45, 2.75) is 6.04 Å². The van der Waals surface area contributed by atoms with Crippen LogP contribution in [0.15, 0.2) is 30.5 Å². The highest BCUT2D eigenvalue weighted by Crippen LogP contribution is 2.37. The van der Waals surface area contributed by atoms with Gasteiger partial charge in [0, 0.05) is 11.8 Å². The van der Waals surface area contributed by atoms with E-state index in [9.17, 15) is 5.11 Å². The van der Waals surface area contributed by atoms with Crippen LogP contribution in [0.1, 0.15) is 17.2 Å². The van der Waals surface area contributed by atoms with Crippen LogP contribution < -0.4 is 11.5 Å². The van der Waals surface area contributed by atoms with Crippen molar-refractivity contribution < 1.29 is 5.11 Å². The molecule has 0 aliphatic heterocycles. The number of halogens is 2. The molecule has 0 spiro atoms. The van der Waals surface area contributed by atoms with Gasteiger partial charge in [0.1, 0.15) is 11.6 Å². The van der Waals surface area contributed by atoms with E-state index in [2.05, 4.69) is 4.98 Å². The number of nitrogen functional groups attached to an aromatic ring is 1. The molecule has 5 N–H and O–H groups in total. The Labute approximate surface area is 114 Å². The summed E-state index contributed by atoms with van der Waals surface area (Å²) < 4.78 is 0. The fourth-order valence-electron chi connectivity index (χ4n) is 1.62. The van der Waals surface area contributed by atoms with E-state index >= 15 is 0 Å². The van der Waals surface area contributed by atoms with E-state index in [4.69, 9.17) is 34.7 Å². The van der Waals surface area contributed by atoms with Crippen LogP contribution >= 0.6 is 23.2 Å². The molecule has 0 saturated carbocycles. The molecule has 2 aromatic rings. The molecule has 0 aliphatic carbocycles. The summed E-state index contributed by atoms with van der Waals surface area (Å²) >= 11 is 12.0. The van der Waals surface area contributed by atoms with Crippen LogP contribution in [0.5, 0.6) is 5.75 Å². The van der Waals surface area contributed by atoms with Crippen LogP contribution in [0.4, 0.5) is 5.82 Å². The summed E-state index contributed by atoms with van der Waals surface area (Å²) in [6.07, 6.45) is 1.54. The highest BCUT2D eigenvalue weighted by atomic mass is 35.5. The Morgan fingerprint density at radius 1 is 1.17 bits per heavy atom. The Balaban J connectivity index is 2.49. The van der Waals surface area contributed by atoms with Gasteiger partial charge in [0.25, 0.3) is 0 Å². The van der Waals surface area contributed by atoms with Crippen LogP contribution in [-0.4, -0.2) is 10.1 Å². The second-order valence-corrected chi connectivity index (χ2v) is 4.57. The predicted octanol–water partition coefficient (Wildman–Crippen LogP) is 2.72. The third-order valence-electron chi connectivity index (χ3n) is 2.59. The van der Waals surface area contributed by atoms with Crippen molar-refractivity contribution >= 4 is 29.0 Å². The van der Waals surface area contributed by atoms with Crippen molar-refractivity contribution in [3.05, 3.63) is 51.6 Å². The number of rotatable bonds is 2. The van der Waals surface area contributed by atoms with Crippen molar-refractivity contribution in [1.29, 1.82) is 0 Å². The average molecular weight is 284 g/mol. The van der Waals surface area contributed by atoms with Gasteiger partial charge in [-0.15, -0.1) is 0 Å². The van der Waals surface area contributed by atoms with Crippen molar-refractivity contribution in [2.24, 2.45) is 5.73 Å². The zero-order chi connectivity index (χ0) is 13.3. The molecule has 2 rings (SSSR count). The second kappa shape index (κ2) is 5.02. The average Bonchev–Trinajstić information content (AvgIpc) is 2.35. The number of pyridine rings is 1. The Hall–Kier alpha value is -1.49. The minimum Gasteiger partial charge on any atom is -0.508 e. The number of nitrogens with two attached hydrogens (primary N) is 2. The van der Waals surface area contributed by atoms with E-state index in [0.29, 0.717) is 22.0 Å². The molecule has 6 heteroatoms. The maximum Gasteiger partial charge on any atom is 0.123 e. The summed E-state index contributed by atoms with van der Waals surface area (Å²) in [5.74, 6) is 0.390. The van der Waals surface area contributed by atoms with Crippen molar-refractivity contribution in [3.63, 3.8) is 0 Å². The lowest BCUT2D eigenvalue weighted by Gasteiger charge is -2.16. The molecule has 1 heterocycles. The molecule has 0 radical (unpaired) electrons. The summed E-state index contributed by atoms with van der Waals surface area (Å²) in [4.78, 5) is 3.95. The first-order chi connectivity index (χ1) is 8.50. The number of aromatic hydroxyl groups is 1. The van der Waals surface area contributed by atoms with E-state index in [1.54, 1.807) is 12.1 Å². The monoisotopic (exact) mass is 283 g/mol. The zero-order valence-corrected chi connectivity index (χ0v) is 10.8. The fraction of sp³-hybridized carbons (Fsp3) is 0.0833. The smallest absolute Gasteiger partial charge is 0.123 e. The van der Waals surface area contributed by atoms with E-state index in [-0.39, 0.29) is 10.8 Å². The summed E-state index contributed by atoms with van der Waals surface area (Å²) in [6.45, 7) is 0. The van der Waals surface area contributed by atoms with Crippen LogP contribution in [0.3, 0.4) is 0 Å². The van der Waals surface area contributed by atoms with Gasteiger partial charge < -0.3 is 16.6 Å². The summed E-state index contributed by atoms with van der Waals surface area (Å²) in [7, 11) is 0. The quantitative estimate of drug-likeness (QED) is 0.791. The van der Waals surface area contributed by atoms with Gasteiger partial charge in [0.2, 0.25) is 0 Å². The number of hydrogen-bond acceptors (Lipinski definition) is 4. The van der Waals surface area contributed by atoms with Crippen molar-refractivity contribution in [3.8, 4) is 5.75 Å². The molecule has 1 aromatic carbocycles. The molecule has 1 atom stereocenters. The number of benzene rings is 1. The first-order valence-corrected chi connectivity index (χ1v) is 5.90. The SMILES string of the molecule is Nc1ccc(C(N)c2c(O)ccc(Cl)c2Cl)cn1. The number of phenolic OH excluding ortho intramolecular Hbond substituents is 1. The fourth-order valence-corrected chi connectivity index (χ4v) is 2.06. The normalized spacial score (nSPS) is 12.4. The van der Waals surface area contributed by atoms with Crippen LogP contribution in [0.25, 0.3) is 0 Å². The minimum atomic E-state index is -0.621. The standard InChI is InChI=1S/C12H11Cl2N3O/c13-7-2-3-8(18)10(11(7)14)12(16)6-1-4-9(15)17-5-6/h1-5,12,18H,16H2,(H2,15,17). The van der Waals surface area contributed by atoms with Gasteiger partial charge in [0.15, 0.2) is 0 Å². The number of nitrogens with zero attached hydrogens (tertiary/aromatic N) is 1. The number of anilines is 1. The van der Waals surface area contributed by atoms with Gasteiger partial charge in [-0.25, -0.2) is 4.98 Å². The maximum atomic E-state index is 9.83. The molecule has 0 saturated heterocycles. The van der Waals surface area contributed by atoms with Crippen LogP contribution in [0.2, 0.25) is 10.0 Å². The largest absolute Gasteiger partial charge is 0.508 e. The lowest BCUT2D eigenvalue weighted by atomic mass is 10.00. The first-order valence-electron chi connectivity index (χ1n) is 5.14. The topological polar surface area (TPSA) is 85.2 Å².